The summed E-state index contributed by atoms with van der Waals surface area (Å²) < 4.78 is 0. The third-order valence-corrected chi connectivity index (χ3v) is 1.89. The van der Waals surface area contributed by atoms with E-state index in [2.05, 4.69) is 25.9 Å². The van der Waals surface area contributed by atoms with Crippen molar-refractivity contribution in [1.82, 2.24) is 0 Å². The summed E-state index contributed by atoms with van der Waals surface area (Å²) in [7, 11) is 0. The lowest BCUT2D eigenvalue weighted by Crippen LogP contribution is -2.13. The molecule has 0 radical (unpaired) electrons. The lowest BCUT2D eigenvalue weighted by Gasteiger charge is -2.15. The topological polar surface area (TPSA) is 21.6 Å². The summed E-state index contributed by atoms with van der Waals surface area (Å²) in [6.07, 6.45) is 0. The predicted molar refractivity (Wildman–Crippen MR) is 64.1 cm³/mol. The first-order valence-electron chi connectivity index (χ1n) is 5.21. The quantitative estimate of drug-likeness (QED) is 0.547. The fourth-order valence-electron chi connectivity index (χ4n) is 1.05. The van der Waals surface area contributed by atoms with E-state index in [9.17, 15) is 0 Å². The molecule has 0 heterocycles. The van der Waals surface area contributed by atoms with Gasteiger partial charge in [0.2, 0.25) is 0 Å². The van der Waals surface area contributed by atoms with Crippen LogP contribution in [0.1, 0.15) is 33.3 Å². The van der Waals surface area contributed by atoms with Gasteiger partial charge in [0.25, 0.3) is 0 Å². The Kier molecular flexibility index (Phi) is 3.89. The highest BCUT2D eigenvalue weighted by molar-refractivity contribution is 5.98. The van der Waals surface area contributed by atoms with Gasteiger partial charge in [-0.1, -0.05) is 56.3 Å². The zero-order valence-electron chi connectivity index (χ0n) is 9.95. The second-order valence-corrected chi connectivity index (χ2v) is 4.88. The van der Waals surface area contributed by atoms with Crippen molar-refractivity contribution >= 4 is 5.71 Å². The SMILES string of the molecule is CC(=NOCC(C)(C)C)c1ccccc1. The summed E-state index contributed by atoms with van der Waals surface area (Å²) in [5.41, 5.74) is 2.17. The molecule has 0 saturated carbocycles. The highest BCUT2D eigenvalue weighted by atomic mass is 16.6. The third kappa shape index (κ3) is 4.63. The Morgan fingerprint density at radius 1 is 1.20 bits per heavy atom. The van der Waals surface area contributed by atoms with Crippen LogP contribution in [0.15, 0.2) is 35.5 Å². The van der Waals surface area contributed by atoms with Crippen LogP contribution < -0.4 is 0 Å². The van der Waals surface area contributed by atoms with Crippen molar-refractivity contribution in [2.45, 2.75) is 27.7 Å². The second kappa shape index (κ2) is 4.96. The Balaban J connectivity index is 2.54. The average molecular weight is 205 g/mol. The van der Waals surface area contributed by atoms with Gasteiger partial charge in [-0.05, 0) is 17.9 Å². The average Bonchev–Trinajstić information content (AvgIpc) is 2.17. The molecular formula is C13H19NO. The summed E-state index contributed by atoms with van der Waals surface area (Å²) in [4.78, 5) is 5.30. The molecule has 2 heteroatoms. The normalized spacial score (nSPS) is 12.7. The molecule has 0 saturated heterocycles. The molecule has 0 N–H and O–H groups in total. The number of rotatable bonds is 3. The standard InChI is InChI=1S/C13H19NO/c1-11(12-8-6-5-7-9-12)14-15-10-13(2,3)4/h5-9H,10H2,1-4H3. The van der Waals surface area contributed by atoms with Gasteiger partial charge < -0.3 is 4.84 Å². The smallest absolute Gasteiger partial charge is 0.122 e. The summed E-state index contributed by atoms with van der Waals surface area (Å²) in [5, 5.41) is 4.10. The number of hydrogen-bond acceptors (Lipinski definition) is 2. The molecule has 15 heavy (non-hydrogen) atoms. The van der Waals surface area contributed by atoms with Gasteiger partial charge in [0.05, 0.1) is 5.71 Å². The van der Waals surface area contributed by atoms with Crippen LogP contribution in [0.3, 0.4) is 0 Å². The van der Waals surface area contributed by atoms with Gasteiger partial charge in [0, 0.05) is 0 Å². The number of benzene rings is 1. The van der Waals surface area contributed by atoms with Gasteiger partial charge in [-0.15, -0.1) is 0 Å². The molecule has 0 spiro atoms. The number of nitrogens with zero attached hydrogens (tertiary/aromatic N) is 1. The zero-order valence-corrected chi connectivity index (χ0v) is 9.95. The van der Waals surface area contributed by atoms with E-state index in [1.165, 1.54) is 0 Å². The molecule has 0 atom stereocenters. The van der Waals surface area contributed by atoms with Crippen molar-refractivity contribution < 1.29 is 4.84 Å². The van der Waals surface area contributed by atoms with Gasteiger partial charge in [0.15, 0.2) is 0 Å². The Bertz CT molecular complexity index is 322. The molecule has 1 aromatic rings. The molecule has 1 rings (SSSR count). The molecule has 0 aromatic heterocycles. The highest BCUT2D eigenvalue weighted by Crippen LogP contribution is 2.13. The molecule has 0 fully saturated rings. The maximum absolute atomic E-state index is 5.30. The van der Waals surface area contributed by atoms with E-state index in [0.29, 0.717) is 6.61 Å². The Labute approximate surface area is 91.9 Å². The fourth-order valence-corrected chi connectivity index (χ4v) is 1.05. The van der Waals surface area contributed by atoms with Crippen molar-refractivity contribution in [3.8, 4) is 0 Å². The van der Waals surface area contributed by atoms with E-state index in [1.807, 2.05) is 37.3 Å². The highest BCUT2D eigenvalue weighted by Gasteiger charge is 2.10. The van der Waals surface area contributed by atoms with Crippen LogP contribution in [0.2, 0.25) is 0 Å². The van der Waals surface area contributed by atoms with Gasteiger partial charge in [-0.3, -0.25) is 0 Å². The maximum Gasteiger partial charge on any atom is 0.122 e. The van der Waals surface area contributed by atoms with Crippen LogP contribution in [0.5, 0.6) is 0 Å². The lowest BCUT2D eigenvalue weighted by molar-refractivity contribution is 0.0772. The molecule has 0 aliphatic heterocycles. The Hall–Kier alpha value is -1.31. The third-order valence-electron chi connectivity index (χ3n) is 1.89. The van der Waals surface area contributed by atoms with Crippen LogP contribution in [0, 0.1) is 5.41 Å². The minimum absolute atomic E-state index is 0.153. The van der Waals surface area contributed by atoms with Crippen LogP contribution in [0.4, 0.5) is 0 Å². The van der Waals surface area contributed by atoms with E-state index in [0.717, 1.165) is 11.3 Å². The predicted octanol–water partition coefficient (Wildman–Crippen LogP) is 3.47. The first-order valence-corrected chi connectivity index (χ1v) is 5.21. The summed E-state index contributed by atoms with van der Waals surface area (Å²) in [6, 6.07) is 10.0. The van der Waals surface area contributed by atoms with Crippen molar-refractivity contribution in [2.24, 2.45) is 10.6 Å². The van der Waals surface area contributed by atoms with Crippen molar-refractivity contribution in [3.63, 3.8) is 0 Å². The molecule has 0 bridgehead atoms. The van der Waals surface area contributed by atoms with Crippen LogP contribution in [-0.2, 0) is 4.84 Å². The summed E-state index contributed by atoms with van der Waals surface area (Å²) >= 11 is 0. The maximum atomic E-state index is 5.30. The van der Waals surface area contributed by atoms with Crippen molar-refractivity contribution in [2.75, 3.05) is 6.61 Å². The minimum atomic E-state index is 0.153. The molecular weight excluding hydrogens is 186 g/mol. The molecule has 1 aromatic carbocycles. The number of oxime groups is 1. The largest absolute Gasteiger partial charge is 0.395 e. The molecule has 0 amide bonds. The van der Waals surface area contributed by atoms with Crippen molar-refractivity contribution in [1.29, 1.82) is 0 Å². The summed E-state index contributed by atoms with van der Waals surface area (Å²) in [5.74, 6) is 0. The van der Waals surface area contributed by atoms with E-state index in [-0.39, 0.29) is 5.41 Å². The molecule has 0 unspecified atom stereocenters. The minimum Gasteiger partial charge on any atom is -0.395 e. The van der Waals surface area contributed by atoms with Gasteiger partial charge >= 0.3 is 0 Å². The van der Waals surface area contributed by atoms with Crippen molar-refractivity contribution in [3.05, 3.63) is 35.9 Å². The monoisotopic (exact) mass is 205 g/mol. The second-order valence-electron chi connectivity index (χ2n) is 4.88. The molecule has 0 aliphatic rings. The summed E-state index contributed by atoms with van der Waals surface area (Å²) in [6.45, 7) is 8.97. The molecule has 0 aliphatic carbocycles. The first kappa shape index (κ1) is 11.8. The lowest BCUT2D eigenvalue weighted by atomic mass is 9.99. The van der Waals surface area contributed by atoms with Gasteiger partial charge in [0.1, 0.15) is 6.61 Å². The van der Waals surface area contributed by atoms with Crippen LogP contribution in [-0.4, -0.2) is 12.3 Å². The first-order chi connectivity index (χ1) is 6.99. The fraction of sp³-hybridized carbons (Fsp3) is 0.462. The Morgan fingerprint density at radius 3 is 2.33 bits per heavy atom. The zero-order chi connectivity index (χ0) is 11.3. The molecule has 2 nitrogen and oxygen atoms in total. The van der Waals surface area contributed by atoms with E-state index >= 15 is 0 Å². The molecule has 82 valence electrons. The Morgan fingerprint density at radius 2 is 1.80 bits per heavy atom. The van der Waals surface area contributed by atoms with Gasteiger partial charge in [-0.2, -0.15) is 0 Å². The van der Waals surface area contributed by atoms with Crippen LogP contribution >= 0.6 is 0 Å². The van der Waals surface area contributed by atoms with E-state index in [1.54, 1.807) is 0 Å². The van der Waals surface area contributed by atoms with E-state index in [4.69, 9.17) is 4.84 Å². The van der Waals surface area contributed by atoms with Gasteiger partial charge in [-0.25, -0.2) is 0 Å². The van der Waals surface area contributed by atoms with E-state index < -0.39 is 0 Å². The van der Waals surface area contributed by atoms with Crippen LogP contribution in [0.25, 0.3) is 0 Å². The number of hydrogen-bond donors (Lipinski definition) is 0.